The Balaban J connectivity index is 1.55. The maximum absolute atomic E-state index is 13.3. The minimum absolute atomic E-state index is 0.0624. The first kappa shape index (κ1) is 24.5. The summed E-state index contributed by atoms with van der Waals surface area (Å²) in [6.45, 7) is 9.39. The quantitative estimate of drug-likeness (QED) is 0.527. The number of piperazine rings is 1. The third kappa shape index (κ3) is 4.93. The van der Waals surface area contributed by atoms with Crippen LogP contribution in [-0.2, 0) is 13.1 Å². The number of aryl methyl sites for hydroxylation is 1. The predicted molar refractivity (Wildman–Crippen MR) is 139 cm³/mol. The Bertz CT molecular complexity index is 1340. The highest BCUT2D eigenvalue weighted by Gasteiger charge is 2.26. The number of carbonyl (C=O) groups is 1. The molecule has 0 saturated carbocycles. The van der Waals surface area contributed by atoms with Gasteiger partial charge in [0.15, 0.2) is 5.78 Å². The number of rotatable bonds is 7. The van der Waals surface area contributed by atoms with Crippen molar-refractivity contribution in [2.24, 2.45) is 0 Å². The van der Waals surface area contributed by atoms with Gasteiger partial charge in [-0.25, -0.2) is 4.79 Å². The zero-order valence-corrected chi connectivity index (χ0v) is 20.7. The van der Waals surface area contributed by atoms with Crippen molar-refractivity contribution in [1.29, 1.82) is 0 Å². The topological polar surface area (TPSA) is 93.6 Å². The lowest BCUT2D eigenvalue weighted by Gasteiger charge is -2.36. The molecule has 4 rings (SSSR count). The Morgan fingerprint density at radius 1 is 0.914 bits per heavy atom. The molecule has 3 aromatic rings. The number of hydrogen-bond acceptors (Lipinski definition) is 6. The average molecular weight is 476 g/mol. The monoisotopic (exact) mass is 475 g/mol. The summed E-state index contributed by atoms with van der Waals surface area (Å²) in [5.41, 5.74) is 9.69. The molecule has 2 aromatic carbocycles. The number of nitrogens with two attached hydrogens (primary N) is 1. The molecule has 8 nitrogen and oxygen atoms in total. The van der Waals surface area contributed by atoms with E-state index in [1.807, 2.05) is 35.2 Å². The van der Waals surface area contributed by atoms with E-state index in [4.69, 9.17) is 5.73 Å². The third-order valence-electron chi connectivity index (χ3n) is 6.90. The molecular weight excluding hydrogens is 442 g/mol. The lowest BCUT2D eigenvalue weighted by Crippen LogP contribution is -2.49. The molecule has 184 valence electrons. The fraction of sp³-hybridized carbons (Fsp3) is 0.370. The molecule has 1 aromatic heterocycles. The van der Waals surface area contributed by atoms with Gasteiger partial charge in [0.1, 0.15) is 11.4 Å². The highest BCUT2D eigenvalue weighted by Crippen LogP contribution is 2.24. The fourth-order valence-corrected chi connectivity index (χ4v) is 4.68. The second-order valence-corrected chi connectivity index (χ2v) is 9.07. The van der Waals surface area contributed by atoms with Gasteiger partial charge in [-0.3, -0.25) is 23.6 Å². The summed E-state index contributed by atoms with van der Waals surface area (Å²) in [7, 11) is 0. The van der Waals surface area contributed by atoms with Crippen LogP contribution < -0.4 is 21.9 Å². The standard InChI is InChI=1S/C27H33N5O3/c1-4-31-26(34)24(25(28)32(27(31)35)17-21-10-6-5-7-11-21)23(33)18-29-13-15-30(16-14-29)22-12-8-9-19(2)20(22)3/h5-12H,4,13-18,28H2,1-3H3. The fourth-order valence-electron chi connectivity index (χ4n) is 4.68. The molecule has 1 fully saturated rings. The van der Waals surface area contributed by atoms with Gasteiger partial charge in [0.2, 0.25) is 0 Å². The summed E-state index contributed by atoms with van der Waals surface area (Å²) in [4.78, 5) is 43.7. The highest BCUT2D eigenvalue weighted by atomic mass is 16.2. The van der Waals surface area contributed by atoms with Crippen molar-refractivity contribution < 1.29 is 4.79 Å². The van der Waals surface area contributed by atoms with Crippen LogP contribution in [0.4, 0.5) is 11.5 Å². The van der Waals surface area contributed by atoms with Crippen molar-refractivity contribution in [1.82, 2.24) is 14.0 Å². The van der Waals surface area contributed by atoms with Crippen LogP contribution in [0.5, 0.6) is 0 Å². The molecule has 35 heavy (non-hydrogen) atoms. The predicted octanol–water partition coefficient (Wildman–Crippen LogP) is 2.28. The van der Waals surface area contributed by atoms with Gasteiger partial charge in [-0.2, -0.15) is 0 Å². The Hall–Kier alpha value is -3.65. The molecule has 1 aliphatic heterocycles. The van der Waals surface area contributed by atoms with Gasteiger partial charge in [-0.1, -0.05) is 42.5 Å². The maximum atomic E-state index is 13.3. The van der Waals surface area contributed by atoms with Gasteiger partial charge in [-0.05, 0) is 43.5 Å². The summed E-state index contributed by atoms with van der Waals surface area (Å²) >= 11 is 0. The summed E-state index contributed by atoms with van der Waals surface area (Å²) in [6.07, 6.45) is 0. The molecule has 0 atom stereocenters. The van der Waals surface area contributed by atoms with Gasteiger partial charge in [-0.15, -0.1) is 0 Å². The second kappa shape index (κ2) is 10.3. The van der Waals surface area contributed by atoms with Crippen LogP contribution in [0, 0.1) is 13.8 Å². The Kier molecular flexibility index (Phi) is 7.21. The smallest absolute Gasteiger partial charge is 0.332 e. The lowest BCUT2D eigenvalue weighted by atomic mass is 10.1. The first-order valence-corrected chi connectivity index (χ1v) is 12.1. The SMILES string of the molecule is CCn1c(=O)c(C(=O)CN2CCN(c3cccc(C)c3C)CC2)c(N)n(Cc2ccccc2)c1=O. The molecule has 0 spiro atoms. The average Bonchev–Trinajstić information content (AvgIpc) is 2.85. The van der Waals surface area contributed by atoms with Gasteiger partial charge >= 0.3 is 5.69 Å². The zero-order valence-electron chi connectivity index (χ0n) is 20.7. The number of benzene rings is 2. The molecule has 0 radical (unpaired) electrons. The third-order valence-corrected chi connectivity index (χ3v) is 6.90. The van der Waals surface area contributed by atoms with Crippen LogP contribution in [0.3, 0.4) is 0 Å². The molecular formula is C27H33N5O3. The van der Waals surface area contributed by atoms with Crippen molar-refractivity contribution in [3.05, 3.63) is 91.6 Å². The minimum atomic E-state index is -0.613. The normalized spacial score (nSPS) is 14.3. The van der Waals surface area contributed by atoms with E-state index in [9.17, 15) is 14.4 Å². The van der Waals surface area contributed by atoms with Gasteiger partial charge in [0.05, 0.1) is 13.1 Å². The van der Waals surface area contributed by atoms with Gasteiger partial charge in [0.25, 0.3) is 5.56 Å². The number of nitrogen functional groups attached to an aromatic ring is 1. The molecule has 8 heteroatoms. The Morgan fingerprint density at radius 3 is 2.26 bits per heavy atom. The molecule has 0 unspecified atom stereocenters. The van der Waals surface area contributed by atoms with E-state index in [2.05, 4.69) is 36.9 Å². The van der Waals surface area contributed by atoms with Crippen molar-refractivity contribution in [2.75, 3.05) is 43.4 Å². The van der Waals surface area contributed by atoms with Crippen molar-refractivity contribution in [3.8, 4) is 0 Å². The maximum Gasteiger partial charge on any atom is 0.332 e. The van der Waals surface area contributed by atoms with E-state index in [-0.39, 0.29) is 36.8 Å². The second-order valence-electron chi connectivity index (χ2n) is 9.07. The van der Waals surface area contributed by atoms with Gasteiger partial charge < -0.3 is 10.6 Å². The van der Waals surface area contributed by atoms with Crippen LogP contribution >= 0.6 is 0 Å². The zero-order chi connectivity index (χ0) is 25.1. The van der Waals surface area contributed by atoms with Crippen LogP contribution in [0.2, 0.25) is 0 Å². The van der Waals surface area contributed by atoms with E-state index in [0.717, 1.165) is 23.2 Å². The van der Waals surface area contributed by atoms with Crippen LogP contribution in [0.25, 0.3) is 0 Å². The summed E-state index contributed by atoms with van der Waals surface area (Å²) in [5, 5.41) is 0. The number of carbonyl (C=O) groups excluding carboxylic acids is 1. The molecule has 2 heterocycles. The molecule has 2 N–H and O–H groups in total. The Morgan fingerprint density at radius 2 is 1.60 bits per heavy atom. The van der Waals surface area contributed by atoms with Crippen LogP contribution in [0.15, 0.2) is 58.1 Å². The van der Waals surface area contributed by atoms with E-state index in [1.165, 1.54) is 21.4 Å². The number of ketones is 1. The summed E-state index contributed by atoms with van der Waals surface area (Å²) in [5.74, 6) is -0.413. The summed E-state index contributed by atoms with van der Waals surface area (Å²) in [6, 6.07) is 15.7. The molecule has 1 saturated heterocycles. The van der Waals surface area contributed by atoms with E-state index in [1.54, 1.807) is 6.92 Å². The van der Waals surface area contributed by atoms with Crippen LogP contribution in [0.1, 0.15) is 34.0 Å². The number of anilines is 2. The number of aromatic nitrogens is 2. The largest absolute Gasteiger partial charge is 0.384 e. The number of hydrogen-bond donors (Lipinski definition) is 1. The van der Waals surface area contributed by atoms with Crippen molar-refractivity contribution >= 4 is 17.3 Å². The first-order chi connectivity index (χ1) is 16.8. The van der Waals surface area contributed by atoms with E-state index in [0.29, 0.717) is 13.1 Å². The summed E-state index contributed by atoms with van der Waals surface area (Å²) < 4.78 is 2.41. The molecule has 0 aliphatic carbocycles. The molecule has 0 bridgehead atoms. The van der Waals surface area contributed by atoms with Crippen molar-refractivity contribution in [3.63, 3.8) is 0 Å². The van der Waals surface area contributed by atoms with E-state index < -0.39 is 11.2 Å². The minimum Gasteiger partial charge on any atom is -0.384 e. The molecule has 1 aliphatic rings. The number of Topliss-reactive ketones (excluding diaryl/α,β-unsaturated/α-hetero) is 1. The Labute approximate surface area is 205 Å². The lowest BCUT2D eigenvalue weighted by molar-refractivity contribution is 0.0924. The number of nitrogens with zero attached hydrogens (tertiary/aromatic N) is 4. The van der Waals surface area contributed by atoms with Crippen molar-refractivity contribution in [2.45, 2.75) is 33.9 Å². The molecule has 0 amide bonds. The highest BCUT2D eigenvalue weighted by molar-refractivity contribution is 6.01. The van der Waals surface area contributed by atoms with Crippen LogP contribution in [-0.4, -0.2) is 52.5 Å². The first-order valence-electron chi connectivity index (χ1n) is 12.1. The van der Waals surface area contributed by atoms with Gasteiger partial charge in [0, 0.05) is 38.4 Å². The van der Waals surface area contributed by atoms with E-state index >= 15 is 0 Å².